The van der Waals surface area contributed by atoms with E-state index in [0.29, 0.717) is 23.4 Å². The Labute approximate surface area is 117 Å². The molecule has 1 amide bonds. The van der Waals surface area contributed by atoms with Gasteiger partial charge in [-0.25, -0.2) is 0 Å². The van der Waals surface area contributed by atoms with E-state index in [2.05, 4.69) is 5.32 Å². The Morgan fingerprint density at radius 1 is 1.35 bits per heavy atom. The Balaban J connectivity index is 2.00. The van der Waals surface area contributed by atoms with Gasteiger partial charge < -0.3 is 14.8 Å². The van der Waals surface area contributed by atoms with E-state index >= 15 is 0 Å². The number of carbonyl (C=O) groups excluding carboxylic acids is 1. The molecule has 0 bridgehead atoms. The zero-order valence-electron chi connectivity index (χ0n) is 11.3. The highest BCUT2D eigenvalue weighted by molar-refractivity contribution is 5.96. The molecule has 1 aromatic carbocycles. The van der Waals surface area contributed by atoms with E-state index in [9.17, 15) is 9.90 Å². The van der Waals surface area contributed by atoms with Gasteiger partial charge in [0.2, 0.25) is 0 Å². The summed E-state index contributed by atoms with van der Waals surface area (Å²) in [5.74, 6) is 0.460. The van der Waals surface area contributed by atoms with Gasteiger partial charge in [-0.15, -0.1) is 0 Å². The average Bonchev–Trinajstić information content (AvgIpc) is 2.79. The number of rotatable bonds is 2. The predicted molar refractivity (Wildman–Crippen MR) is 74.6 cm³/mol. The van der Waals surface area contributed by atoms with Crippen LogP contribution in [0.1, 0.15) is 45.3 Å². The zero-order valence-corrected chi connectivity index (χ0v) is 11.3. The summed E-state index contributed by atoms with van der Waals surface area (Å²) in [5, 5.41) is 13.3. The first kappa shape index (κ1) is 12.9. The summed E-state index contributed by atoms with van der Waals surface area (Å²) >= 11 is 0. The molecule has 2 N–H and O–H groups in total. The van der Waals surface area contributed by atoms with Crippen molar-refractivity contribution in [3.63, 3.8) is 0 Å². The fraction of sp³-hybridized carbons (Fsp3) is 0.312. The molecule has 0 aliphatic carbocycles. The van der Waals surface area contributed by atoms with E-state index in [1.165, 1.54) is 0 Å². The summed E-state index contributed by atoms with van der Waals surface area (Å²) in [4.78, 5) is 12.0. The lowest BCUT2D eigenvalue weighted by atomic mass is 9.97. The third kappa shape index (κ3) is 2.23. The Hall–Kier alpha value is -2.07. The van der Waals surface area contributed by atoms with Crippen LogP contribution in [0.2, 0.25) is 0 Å². The predicted octanol–water partition coefficient (Wildman–Crippen LogP) is 2.35. The normalized spacial score (nSPS) is 16.2. The van der Waals surface area contributed by atoms with Crippen LogP contribution in [0.15, 0.2) is 34.9 Å². The van der Waals surface area contributed by atoms with Crippen molar-refractivity contribution >= 4 is 5.91 Å². The summed E-state index contributed by atoms with van der Waals surface area (Å²) in [5.41, 5.74) is 3.27. The van der Waals surface area contributed by atoms with Crippen molar-refractivity contribution in [2.75, 3.05) is 6.54 Å². The maximum atomic E-state index is 12.0. The van der Waals surface area contributed by atoms with Crippen LogP contribution >= 0.6 is 0 Å². The monoisotopic (exact) mass is 271 g/mol. The molecule has 2 heterocycles. The van der Waals surface area contributed by atoms with Crippen LogP contribution in [-0.2, 0) is 6.42 Å². The number of hydrogen-bond acceptors (Lipinski definition) is 3. The van der Waals surface area contributed by atoms with Gasteiger partial charge in [0.05, 0.1) is 6.26 Å². The SMILES string of the molecule is Cc1ccoc1C(O)c1ccc2c(c1)C(=O)NCCC2. The van der Waals surface area contributed by atoms with Crippen LogP contribution in [0.3, 0.4) is 0 Å². The molecule has 1 aliphatic rings. The van der Waals surface area contributed by atoms with Crippen LogP contribution in [0.4, 0.5) is 0 Å². The summed E-state index contributed by atoms with van der Waals surface area (Å²) < 4.78 is 5.33. The van der Waals surface area contributed by atoms with Crippen molar-refractivity contribution in [2.24, 2.45) is 0 Å². The van der Waals surface area contributed by atoms with Gasteiger partial charge >= 0.3 is 0 Å². The molecule has 1 unspecified atom stereocenters. The molecule has 3 rings (SSSR count). The van der Waals surface area contributed by atoms with E-state index in [4.69, 9.17) is 4.42 Å². The highest BCUT2D eigenvalue weighted by Crippen LogP contribution is 2.27. The van der Waals surface area contributed by atoms with Gasteiger partial charge in [0.15, 0.2) is 0 Å². The Kier molecular flexibility index (Phi) is 3.32. The Morgan fingerprint density at radius 3 is 2.95 bits per heavy atom. The number of benzene rings is 1. The molecule has 20 heavy (non-hydrogen) atoms. The van der Waals surface area contributed by atoms with Crippen LogP contribution < -0.4 is 5.32 Å². The van der Waals surface area contributed by atoms with Gasteiger partial charge in [-0.2, -0.15) is 0 Å². The van der Waals surface area contributed by atoms with Gasteiger partial charge in [-0.05, 0) is 48.6 Å². The molecule has 4 heteroatoms. The van der Waals surface area contributed by atoms with Crippen molar-refractivity contribution < 1.29 is 14.3 Å². The quantitative estimate of drug-likeness (QED) is 0.881. The maximum Gasteiger partial charge on any atom is 0.251 e. The van der Waals surface area contributed by atoms with Gasteiger partial charge in [-0.1, -0.05) is 12.1 Å². The van der Waals surface area contributed by atoms with E-state index in [-0.39, 0.29) is 5.91 Å². The number of carbonyl (C=O) groups is 1. The number of furan rings is 1. The van der Waals surface area contributed by atoms with E-state index in [1.807, 2.05) is 25.1 Å². The smallest absolute Gasteiger partial charge is 0.251 e. The topological polar surface area (TPSA) is 62.5 Å². The molecule has 4 nitrogen and oxygen atoms in total. The minimum Gasteiger partial charge on any atom is -0.466 e. The van der Waals surface area contributed by atoms with Crippen LogP contribution in [-0.4, -0.2) is 17.6 Å². The second kappa shape index (κ2) is 5.13. The van der Waals surface area contributed by atoms with Crippen LogP contribution in [0, 0.1) is 6.92 Å². The molecular weight excluding hydrogens is 254 g/mol. The van der Waals surface area contributed by atoms with Crippen molar-refractivity contribution in [1.29, 1.82) is 0 Å². The standard InChI is InChI=1S/C16H17NO3/c1-10-6-8-20-15(10)14(18)12-5-4-11-3-2-7-17-16(19)13(11)9-12/h4-6,8-9,14,18H,2-3,7H2,1H3,(H,17,19). The fourth-order valence-corrected chi connectivity index (χ4v) is 2.59. The summed E-state index contributed by atoms with van der Waals surface area (Å²) in [6.45, 7) is 2.58. The molecule has 0 saturated carbocycles. The van der Waals surface area contributed by atoms with Gasteiger partial charge in [-0.3, -0.25) is 4.79 Å². The number of aryl methyl sites for hydroxylation is 2. The molecule has 2 aromatic rings. The van der Waals surface area contributed by atoms with Gasteiger partial charge in [0, 0.05) is 12.1 Å². The highest BCUT2D eigenvalue weighted by Gasteiger charge is 2.20. The molecule has 1 atom stereocenters. The first-order valence-corrected chi connectivity index (χ1v) is 6.80. The first-order chi connectivity index (χ1) is 9.66. The molecule has 0 spiro atoms. The zero-order chi connectivity index (χ0) is 14.1. The summed E-state index contributed by atoms with van der Waals surface area (Å²) in [6, 6.07) is 7.37. The lowest BCUT2D eigenvalue weighted by Crippen LogP contribution is -2.22. The first-order valence-electron chi connectivity index (χ1n) is 6.80. The largest absolute Gasteiger partial charge is 0.466 e. The summed E-state index contributed by atoms with van der Waals surface area (Å²) in [6.07, 6.45) is 2.54. The lowest BCUT2D eigenvalue weighted by molar-refractivity contribution is 0.0955. The number of aliphatic hydroxyl groups excluding tert-OH is 1. The van der Waals surface area contributed by atoms with Gasteiger partial charge in [0.25, 0.3) is 5.91 Å². The van der Waals surface area contributed by atoms with E-state index < -0.39 is 6.10 Å². The van der Waals surface area contributed by atoms with Crippen LogP contribution in [0.5, 0.6) is 0 Å². The molecule has 0 fully saturated rings. The second-order valence-electron chi connectivity index (χ2n) is 5.15. The number of fused-ring (bicyclic) bond motifs is 1. The third-order valence-electron chi connectivity index (χ3n) is 3.75. The third-order valence-corrected chi connectivity index (χ3v) is 3.75. The van der Waals surface area contributed by atoms with Crippen LogP contribution in [0.25, 0.3) is 0 Å². The molecule has 0 radical (unpaired) electrons. The number of hydrogen-bond donors (Lipinski definition) is 2. The average molecular weight is 271 g/mol. The molecule has 1 aromatic heterocycles. The maximum absolute atomic E-state index is 12.0. The molecule has 0 saturated heterocycles. The Morgan fingerprint density at radius 2 is 2.20 bits per heavy atom. The fourth-order valence-electron chi connectivity index (χ4n) is 2.59. The Bertz CT molecular complexity index is 645. The molecule has 1 aliphatic heterocycles. The molecular formula is C16H17NO3. The van der Waals surface area contributed by atoms with Gasteiger partial charge in [0.1, 0.15) is 11.9 Å². The molecule has 104 valence electrons. The van der Waals surface area contributed by atoms with Crippen molar-refractivity contribution in [3.8, 4) is 0 Å². The minimum atomic E-state index is -0.841. The summed E-state index contributed by atoms with van der Waals surface area (Å²) in [7, 11) is 0. The highest BCUT2D eigenvalue weighted by atomic mass is 16.4. The van der Waals surface area contributed by atoms with E-state index in [0.717, 1.165) is 24.0 Å². The second-order valence-corrected chi connectivity index (χ2v) is 5.15. The number of amides is 1. The van der Waals surface area contributed by atoms with Crippen molar-refractivity contribution in [1.82, 2.24) is 5.32 Å². The van der Waals surface area contributed by atoms with E-state index in [1.54, 1.807) is 12.3 Å². The van der Waals surface area contributed by atoms with Crippen molar-refractivity contribution in [2.45, 2.75) is 25.9 Å². The lowest BCUT2D eigenvalue weighted by Gasteiger charge is -2.12. The minimum absolute atomic E-state index is 0.0669. The van der Waals surface area contributed by atoms with Crippen molar-refractivity contribution in [3.05, 3.63) is 58.5 Å². The number of aliphatic hydroxyl groups is 1. The number of nitrogens with one attached hydrogen (secondary N) is 1.